The number of H-pyrrole nitrogens is 1. The number of thiazole rings is 1. The minimum absolute atomic E-state index is 0.565. The van der Waals surface area contributed by atoms with Crippen LogP contribution in [0.2, 0.25) is 0 Å². The highest BCUT2D eigenvalue weighted by molar-refractivity contribution is 7.13. The molecule has 0 amide bonds. The zero-order valence-electron chi connectivity index (χ0n) is 10.1. The molecule has 0 aliphatic carbocycles. The van der Waals surface area contributed by atoms with E-state index in [9.17, 15) is 4.79 Å². The van der Waals surface area contributed by atoms with Crippen LogP contribution in [0.4, 0.5) is 5.13 Å². The zero-order chi connectivity index (χ0) is 13.2. The van der Waals surface area contributed by atoms with Gasteiger partial charge in [-0.1, -0.05) is 0 Å². The first kappa shape index (κ1) is 12.6. The lowest BCUT2D eigenvalue weighted by molar-refractivity contribution is -0.142. The quantitative estimate of drug-likeness (QED) is 0.768. The van der Waals surface area contributed by atoms with Crippen molar-refractivity contribution < 1.29 is 9.90 Å². The Morgan fingerprint density at radius 1 is 1.61 bits per heavy atom. The molecule has 0 unspecified atom stereocenters. The van der Waals surface area contributed by atoms with Gasteiger partial charge in [-0.25, -0.2) is 4.98 Å². The van der Waals surface area contributed by atoms with Crippen LogP contribution in [0.1, 0.15) is 25.1 Å². The third-order valence-electron chi connectivity index (χ3n) is 2.68. The van der Waals surface area contributed by atoms with Crippen molar-refractivity contribution in [3.05, 3.63) is 29.0 Å². The SMILES string of the molecule is CC(C)(C(=O)O)c1csc(NCc2cn[nH]c2)n1. The molecule has 0 aliphatic heterocycles. The van der Waals surface area contributed by atoms with Gasteiger partial charge in [0.1, 0.15) is 5.41 Å². The summed E-state index contributed by atoms with van der Waals surface area (Å²) in [4.78, 5) is 15.4. The summed E-state index contributed by atoms with van der Waals surface area (Å²) in [5.41, 5.74) is 0.616. The monoisotopic (exact) mass is 266 g/mol. The van der Waals surface area contributed by atoms with Gasteiger partial charge in [0.2, 0.25) is 0 Å². The van der Waals surface area contributed by atoms with Crippen molar-refractivity contribution in [1.82, 2.24) is 15.2 Å². The van der Waals surface area contributed by atoms with Gasteiger partial charge in [0, 0.05) is 23.7 Å². The molecular formula is C11H14N4O2S. The lowest BCUT2D eigenvalue weighted by Crippen LogP contribution is -2.28. The molecule has 2 heterocycles. The zero-order valence-corrected chi connectivity index (χ0v) is 10.9. The summed E-state index contributed by atoms with van der Waals surface area (Å²) < 4.78 is 0. The van der Waals surface area contributed by atoms with Crippen molar-refractivity contribution in [2.75, 3.05) is 5.32 Å². The Balaban J connectivity index is 2.04. The topological polar surface area (TPSA) is 90.9 Å². The number of carboxylic acid groups (broad SMARTS) is 1. The molecule has 6 nitrogen and oxygen atoms in total. The summed E-state index contributed by atoms with van der Waals surface area (Å²) in [5.74, 6) is -0.880. The first-order valence-corrected chi connectivity index (χ1v) is 6.29. The van der Waals surface area contributed by atoms with Crippen molar-refractivity contribution in [2.24, 2.45) is 0 Å². The highest BCUT2D eigenvalue weighted by Crippen LogP contribution is 2.27. The van der Waals surface area contributed by atoms with Crippen molar-refractivity contribution in [3.63, 3.8) is 0 Å². The molecule has 0 radical (unpaired) electrons. The molecule has 0 saturated heterocycles. The first-order valence-electron chi connectivity index (χ1n) is 5.41. The molecule has 2 aromatic heterocycles. The van der Waals surface area contributed by atoms with Crippen molar-refractivity contribution in [1.29, 1.82) is 0 Å². The van der Waals surface area contributed by atoms with Gasteiger partial charge >= 0.3 is 5.97 Å². The van der Waals surface area contributed by atoms with E-state index in [0.717, 1.165) is 5.56 Å². The Hall–Kier alpha value is -1.89. The molecule has 2 rings (SSSR count). The van der Waals surface area contributed by atoms with E-state index in [1.54, 1.807) is 31.6 Å². The standard InChI is InChI=1S/C11H14N4O2S/c1-11(2,9(16)17)8-6-18-10(15-8)12-3-7-4-13-14-5-7/h4-6H,3H2,1-2H3,(H,12,15)(H,13,14)(H,16,17). The molecule has 0 bridgehead atoms. The van der Waals surface area contributed by atoms with E-state index >= 15 is 0 Å². The van der Waals surface area contributed by atoms with Crippen LogP contribution in [0.15, 0.2) is 17.8 Å². The van der Waals surface area contributed by atoms with Gasteiger partial charge < -0.3 is 10.4 Å². The fourth-order valence-electron chi connectivity index (χ4n) is 1.30. The number of hydrogen-bond donors (Lipinski definition) is 3. The number of aromatic amines is 1. The molecular weight excluding hydrogens is 252 g/mol. The Morgan fingerprint density at radius 2 is 2.39 bits per heavy atom. The Morgan fingerprint density at radius 3 is 3.00 bits per heavy atom. The molecule has 2 aromatic rings. The van der Waals surface area contributed by atoms with Gasteiger partial charge in [0.25, 0.3) is 0 Å². The van der Waals surface area contributed by atoms with E-state index in [-0.39, 0.29) is 0 Å². The van der Waals surface area contributed by atoms with Crippen LogP contribution >= 0.6 is 11.3 Å². The first-order chi connectivity index (χ1) is 8.50. The van der Waals surface area contributed by atoms with E-state index in [0.29, 0.717) is 17.4 Å². The highest BCUT2D eigenvalue weighted by Gasteiger charge is 2.32. The van der Waals surface area contributed by atoms with Crippen molar-refractivity contribution >= 4 is 22.4 Å². The fraction of sp³-hybridized carbons (Fsp3) is 0.364. The predicted octanol–water partition coefficient (Wildman–Crippen LogP) is 1.84. The normalized spacial score (nSPS) is 11.4. The molecule has 0 atom stereocenters. The van der Waals surface area contributed by atoms with Crippen LogP contribution in [0, 0.1) is 0 Å². The number of aromatic nitrogens is 3. The second-order valence-electron chi connectivity index (χ2n) is 4.43. The number of nitrogens with one attached hydrogen (secondary N) is 2. The van der Waals surface area contributed by atoms with Crippen molar-refractivity contribution in [2.45, 2.75) is 25.8 Å². The molecule has 0 fully saturated rings. The van der Waals surface area contributed by atoms with Crippen LogP contribution in [0.25, 0.3) is 0 Å². The predicted molar refractivity (Wildman–Crippen MR) is 68.7 cm³/mol. The average molecular weight is 266 g/mol. The van der Waals surface area contributed by atoms with E-state index in [4.69, 9.17) is 5.11 Å². The summed E-state index contributed by atoms with van der Waals surface area (Å²) in [6.45, 7) is 3.89. The largest absolute Gasteiger partial charge is 0.481 e. The Kier molecular flexibility index (Phi) is 3.33. The van der Waals surface area contributed by atoms with Gasteiger partial charge in [0.05, 0.1) is 11.9 Å². The van der Waals surface area contributed by atoms with Crippen molar-refractivity contribution in [3.8, 4) is 0 Å². The van der Waals surface area contributed by atoms with Gasteiger partial charge in [-0.3, -0.25) is 9.89 Å². The summed E-state index contributed by atoms with van der Waals surface area (Å²) >= 11 is 1.40. The number of nitrogens with zero attached hydrogens (tertiary/aromatic N) is 2. The van der Waals surface area contributed by atoms with Gasteiger partial charge in [-0.15, -0.1) is 11.3 Å². The van der Waals surface area contributed by atoms with Crippen LogP contribution in [0.5, 0.6) is 0 Å². The minimum atomic E-state index is -0.966. The van der Waals surface area contributed by atoms with Crippen LogP contribution < -0.4 is 5.32 Å². The summed E-state index contributed by atoms with van der Waals surface area (Å²) in [5, 5.41) is 21.3. The molecule has 0 saturated carbocycles. The number of carboxylic acids is 1. The molecule has 0 aliphatic rings. The molecule has 7 heteroatoms. The van der Waals surface area contributed by atoms with E-state index < -0.39 is 11.4 Å². The number of carbonyl (C=O) groups is 1. The number of hydrogen-bond acceptors (Lipinski definition) is 5. The molecule has 0 spiro atoms. The molecule has 0 aromatic carbocycles. The maximum atomic E-state index is 11.1. The summed E-state index contributed by atoms with van der Waals surface area (Å²) in [6, 6.07) is 0. The van der Waals surface area contributed by atoms with E-state index in [1.165, 1.54) is 11.3 Å². The second kappa shape index (κ2) is 4.77. The third-order valence-corrected chi connectivity index (χ3v) is 3.48. The number of anilines is 1. The maximum Gasteiger partial charge on any atom is 0.315 e. The third kappa shape index (κ3) is 2.51. The summed E-state index contributed by atoms with van der Waals surface area (Å²) in [6.07, 6.45) is 3.52. The molecule has 18 heavy (non-hydrogen) atoms. The van der Waals surface area contributed by atoms with Gasteiger partial charge in [-0.05, 0) is 13.8 Å². The highest BCUT2D eigenvalue weighted by atomic mass is 32.1. The number of rotatable bonds is 5. The molecule has 3 N–H and O–H groups in total. The second-order valence-corrected chi connectivity index (χ2v) is 5.29. The Bertz CT molecular complexity index is 533. The van der Waals surface area contributed by atoms with Crippen LogP contribution in [0.3, 0.4) is 0 Å². The van der Waals surface area contributed by atoms with Crippen LogP contribution in [-0.4, -0.2) is 26.3 Å². The lowest BCUT2D eigenvalue weighted by Gasteiger charge is -2.15. The smallest absolute Gasteiger partial charge is 0.315 e. The van der Waals surface area contributed by atoms with Crippen LogP contribution in [-0.2, 0) is 16.8 Å². The average Bonchev–Trinajstić information content (AvgIpc) is 2.97. The fourth-order valence-corrected chi connectivity index (χ4v) is 2.18. The lowest BCUT2D eigenvalue weighted by atomic mass is 9.90. The van der Waals surface area contributed by atoms with E-state index in [1.807, 2.05) is 0 Å². The Labute approximate surface area is 108 Å². The maximum absolute atomic E-state index is 11.1. The van der Waals surface area contributed by atoms with Gasteiger partial charge in [0.15, 0.2) is 5.13 Å². The number of aliphatic carboxylic acids is 1. The van der Waals surface area contributed by atoms with E-state index in [2.05, 4.69) is 20.5 Å². The molecule has 96 valence electrons. The van der Waals surface area contributed by atoms with Gasteiger partial charge in [-0.2, -0.15) is 5.10 Å². The summed E-state index contributed by atoms with van der Waals surface area (Å²) in [7, 11) is 0. The minimum Gasteiger partial charge on any atom is -0.481 e.